The molecule has 0 spiro atoms. The number of carbonyl (C=O) groups is 2. The molecule has 0 radical (unpaired) electrons. The molecular weight excluding hydrogens is 404 g/mol. The maximum absolute atomic E-state index is 12.5. The van der Waals surface area contributed by atoms with Crippen molar-refractivity contribution in [2.75, 3.05) is 10.6 Å². The predicted molar refractivity (Wildman–Crippen MR) is 126 cm³/mol. The van der Waals surface area contributed by atoms with E-state index in [2.05, 4.69) is 10.6 Å². The first-order chi connectivity index (χ1) is 15.3. The number of hydrogen-bond acceptors (Lipinski definition) is 4. The van der Waals surface area contributed by atoms with Crippen LogP contribution in [0.1, 0.15) is 25.0 Å². The molecule has 3 aromatic carbocycles. The molecule has 0 aromatic heterocycles. The topological polar surface area (TPSA) is 76.7 Å². The summed E-state index contributed by atoms with van der Waals surface area (Å²) in [4.78, 5) is 25.0. The molecule has 2 N–H and O–H groups in total. The lowest BCUT2D eigenvalue weighted by atomic mass is 10.2. The molecule has 3 rings (SSSR count). The summed E-state index contributed by atoms with van der Waals surface area (Å²) < 4.78 is 11.4. The second-order valence-electron chi connectivity index (χ2n) is 7.71. The summed E-state index contributed by atoms with van der Waals surface area (Å²) in [6, 6.07) is 22.0. The summed E-state index contributed by atoms with van der Waals surface area (Å²) in [5.41, 5.74) is 3.34. The molecule has 32 heavy (non-hydrogen) atoms. The van der Waals surface area contributed by atoms with Crippen LogP contribution in [0.25, 0.3) is 0 Å². The maximum Gasteiger partial charge on any atom is 0.265 e. The Kier molecular flexibility index (Phi) is 7.49. The highest BCUT2D eigenvalue weighted by Gasteiger charge is 2.17. The highest BCUT2D eigenvalue weighted by atomic mass is 16.5. The smallest absolute Gasteiger partial charge is 0.265 e. The first-order valence-electron chi connectivity index (χ1n) is 10.5. The van der Waals surface area contributed by atoms with Crippen molar-refractivity contribution < 1.29 is 19.1 Å². The molecule has 0 bridgehead atoms. The summed E-state index contributed by atoms with van der Waals surface area (Å²) >= 11 is 0. The van der Waals surface area contributed by atoms with Crippen LogP contribution in [-0.4, -0.2) is 24.0 Å². The molecule has 6 nitrogen and oxygen atoms in total. The summed E-state index contributed by atoms with van der Waals surface area (Å²) in [5, 5.41) is 5.63. The van der Waals surface area contributed by atoms with Crippen LogP contribution in [0.15, 0.2) is 72.8 Å². The van der Waals surface area contributed by atoms with Gasteiger partial charge in [0.05, 0.1) is 0 Å². The zero-order valence-corrected chi connectivity index (χ0v) is 18.7. The molecule has 166 valence electrons. The van der Waals surface area contributed by atoms with E-state index in [1.807, 2.05) is 62.4 Å². The van der Waals surface area contributed by atoms with Crippen molar-refractivity contribution in [3.63, 3.8) is 0 Å². The number of ether oxygens (including phenoxy) is 2. The van der Waals surface area contributed by atoms with E-state index in [1.54, 1.807) is 38.1 Å². The number of aryl methyl sites for hydroxylation is 2. The lowest BCUT2D eigenvalue weighted by Crippen LogP contribution is -2.31. The highest BCUT2D eigenvalue weighted by Crippen LogP contribution is 2.19. The lowest BCUT2D eigenvalue weighted by Gasteiger charge is -2.17. The lowest BCUT2D eigenvalue weighted by molar-refractivity contribution is -0.122. The van der Waals surface area contributed by atoms with Crippen molar-refractivity contribution in [2.45, 2.75) is 39.9 Å². The van der Waals surface area contributed by atoms with Crippen molar-refractivity contribution in [3.05, 3.63) is 83.9 Å². The molecular formula is C26H28N2O4. The van der Waals surface area contributed by atoms with Crippen LogP contribution in [0.5, 0.6) is 11.5 Å². The molecule has 2 unspecified atom stereocenters. The minimum Gasteiger partial charge on any atom is -0.481 e. The number of amides is 2. The Balaban J connectivity index is 1.55. The van der Waals surface area contributed by atoms with Crippen LogP contribution >= 0.6 is 0 Å². The molecule has 0 fully saturated rings. The minimum atomic E-state index is -0.682. The molecule has 0 aliphatic heterocycles. The van der Waals surface area contributed by atoms with Gasteiger partial charge in [0.15, 0.2) is 12.2 Å². The number of nitrogens with one attached hydrogen (secondary N) is 2. The monoisotopic (exact) mass is 432 g/mol. The zero-order valence-electron chi connectivity index (χ0n) is 18.7. The molecule has 0 saturated heterocycles. The Hall–Kier alpha value is -3.80. The Morgan fingerprint density at radius 2 is 1.03 bits per heavy atom. The molecule has 6 heteroatoms. The van der Waals surface area contributed by atoms with Crippen molar-refractivity contribution in [1.82, 2.24) is 0 Å². The van der Waals surface area contributed by atoms with Gasteiger partial charge in [-0.05, 0) is 70.2 Å². The number of carbonyl (C=O) groups excluding carboxylic acids is 2. The van der Waals surface area contributed by atoms with Gasteiger partial charge in [-0.25, -0.2) is 0 Å². The average Bonchev–Trinajstić information content (AvgIpc) is 2.77. The summed E-state index contributed by atoms with van der Waals surface area (Å²) in [7, 11) is 0. The van der Waals surface area contributed by atoms with Gasteiger partial charge in [0.1, 0.15) is 11.5 Å². The Labute approximate surface area is 188 Å². The molecule has 3 aromatic rings. The van der Waals surface area contributed by atoms with Crippen LogP contribution in [0.2, 0.25) is 0 Å². The second-order valence-corrected chi connectivity index (χ2v) is 7.71. The van der Waals surface area contributed by atoms with Gasteiger partial charge >= 0.3 is 0 Å². The summed E-state index contributed by atoms with van der Waals surface area (Å²) in [5.74, 6) is 0.680. The van der Waals surface area contributed by atoms with E-state index in [0.717, 1.165) is 11.1 Å². The third kappa shape index (κ3) is 6.60. The van der Waals surface area contributed by atoms with Gasteiger partial charge in [-0.2, -0.15) is 0 Å². The second kappa shape index (κ2) is 10.5. The molecule has 2 amide bonds. The fourth-order valence-corrected chi connectivity index (χ4v) is 2.91. The van der Waals surface area contributed by atoms with Crippen molar-refractivity contribution in [1.29, 1.82) is 0 Å². The van der Waals surface area contributed by atoms with Crippen LogP contribution < -0.4 is 20.1 Å². The summed E-state index contributed by atoms with van der Waals surface area (Å²) in [6.07, 6.45) is -1.36. The highest BCUT2D eigenvalue weighted by molar-refractivity contribution is 5.97. The average molecular weight is 433 g/mol. The van der Waals surface area contributed by atoms with Gasteiger partial charge < -0.3 is 20.1 Å². The van der Waals surface area contributed by atoms with Crippen LogP contribution in [0.4, 0.5) is 11.4 Å². The quantitative estimate of drug-likeness (QED) is 0.518. The number of anilines is 2. The van der Waals surface area contributed by atoms with Gasteiger partial charge in [0.2, 0.25) is 0 Å². The van der Waals surface area contributed by atoms with Crippen molar-refractivity contribution in [2.24, 2.45) is 0 Å². The van der Waals surface area contributed by atoms with E-state index < -0.39 is 12.2 Å². The van der Waals surface area contributed by atoms with E-state index in [9.17, 15) is 9.59 Å². The molecule has 2 atom stereocenters. The molecule has 0 saturated carbocycles. The van der Waals surface area contributed by atoms with Gasteiger partial charge in [0, 0.05) is 11.4 Å². The fourth-order valence-electron chi connectivity index (χ4n) is 2.91. The Morgan fingerprint density at radius 3 is 1.41 bits per heavy atom. The van der Waals surface area contributed by atoms with Crippen molar-refractivity contribution in [3.8, 4) is 11.5 Å². The van der Waals surface area contributed by atoms with E-state index in [1.165, 1.54) is 0 Å². The molecule has 0 aliphatic carbocycles. The van der Waals surface area contributed by atoms with E-state index in [4.69, 9.17) is 9.47 Å². The van der Waals surface area contributed by atoms with Crippen LogP contribution in [0.3, 0.4) is 0 Å². The molecule has 0 aliphatic rings. The van der Waals surface area contributed by atoms with Gasteiger partial charge in [-0.1, -0.05) is 41.5 Å². The SMILES string of the molecule is Cc1ccc(OC(C)C(=O)Nc2cccc(NC(=O)C(C)Oc3ccc(C)cc3)c2)cc1. The normalized spacial score (nSPS) is 12.4. The Bertz CT molecular complexity index is 979. The standard InChI is InChI=1S/C26H28N2O4/c1-17-8-12-23(13-9-17)31-19(3)25(29)27-21-6-5-7-22(16-21)28-26(30)20(4)32-24-14-10-18(2)11-15-24/h5-16,19-20H,1-4H3,(H,27,29)(H,28,30). The maximum atomic E-state index is 12.5. The van der Waals surface area contributed by atoms with Crippen molar-refractivity contribution >= 4 is 23.2 Å². The van der Waals surface area contributed by atoms with E-state index in [-0.39, 0.29) is 11.8 Å². The van der Waals surface area contributed by atoms with Gasteiger partial charge in [-0.3, -0.25) is 9.59 Å². The largest absolute Gasteiger partial charge is 0.481 e. The number of rotatable bonds is 8. The first kappa shape index (κ1) is 22.9. The number of benzene rings is 3. The van der Waals surface area contributed by atoms with E-state index in [0.29, 0.717) is 22.9 Å². The third-order valence-electron chi connectivity index (χ3n) is 4.80. The fraction of sp³-hybridized carbons (Fsp3) is 0.231. The number of hydrogen-bond donors (Lipinski definition) is 2. The van der Waals surface area contributed by atoms with E-state index >= 15 is 0 Å². The zero-order chi connectivity index (χ0) is 23.1. The molecule has 0 heterocycles. The summed E-state index contributed by atoms with van der Waals surface area (Å²) in [6.45, 7) is 7.35. The Morgan fingerprint density at radius 1 is 0.656 bits per heavy atom. The minimum absolute atomic E-state index is 0.287. The third-order valence-corrected chi connectivity index (χ3v) is 4.80. The predicted octanol–water partition coefficient (Wildman–Crippen LogP) is 5.12. The van der Waals surface area contributed by atoms with Crippen LogP contribution in [0, 0.1) is 13.8 Å². The van der Waals surface area contributed by atoms with Gasteiger partial charge in [0.25, 0.3) is 11.8 Å². The first-order valence-corrected chi connectivity index (χ1v) is 10.5. The van der Waals surface area contributed by atoms with Crippen LogP contribution in [-0.2, 0) is 9.59 Å². The van der Waals surface area contributed by atoms with Gasteiger partial charge in [-0.15, -0.1) is 0 Å².